The normalized spacial score (nSPS) is 16.4. The summed E-state index contributed by atoms with van der Waals surface area (Å²) in [6, 6.07) is 4.72. The summed E-state index contributed by atoms with van der Waals surface area (Å²) >= 11 is 0. The van der Waals surface area contributed by atoms with Gasteiger partial charge in [0.1, 0.15) is 5.82 Å². The van der Waals surface area contributed by atoms with Crippen molar-refractivity contribution in [2.24, 2.45) is 0 Å². The lowest BCUT2D eigenvalue weighted by Gasteiger charge is -2.25. The van der Waals surface area contributed by atoms with E-state index in [-0.39, 0.29) is 24.5 Å². The molecule has 0 fully saturated rings. The van der Waals surface area contributed by atoms with Crippen LogP contribution in [0.15, 0.2) is 18.2 Å². The highest BCUT2D eigenvalue weighted by atomic mass is 19.1. The summed E-state index contributed by atoms with van der Waals surface area (Å²) in [5.41, 5.74) is 1.60. The Labute approximate surface area is 131 Å². The number of carbonyl (C=O) groups excluding carboxylic acids is 1. The lowest BCUT2D eigenvalue weighted by molar-refractivity contribution is 0.172. The largest absolute Gasteiger partial charge is 0.395 e. The molecule has 0 bridgehead atoms. The zero-order chi connectivity index (χ0) is 15.9. The first-order chi connectivity index (χ1) is 10.7. The number of aliphatic hydroxyl groups excluding tert-OH is 1. The van der Waals surface area contributed by atoms with E-state index in [2.05, 4.69) is 12.2 Å². The van der Waals surface area contributed by atoms with Gasteiger partial charge in [-0.3, -0.25) is 0 Å². The van der Waals surface area contributed by atoms with Gasteiger partial charge in [-0.15, -0.1) is 0 Å². The highest BCUT2D eigenvalue weighted by molar-refractivity contribution is 5.75. The maximum atomic E-state index is 13.7. The first-order valence-electron chi connectivity index (χ1n) is 8.11. The Kier molecular flexibility index (Phi) is 6.19. The summed E-state index contributed by atoms with van der Waals surface area (Å²) in [5.74, 6) is -0.190. The third-order valence-corrected chi connectivity index (χ3v) is 4.20. The maximum Gasteiger partial charge on any atom is 0.317 e. The summed E-state index contributed by atoms with van der Waals surface area (Å²) in [4.78, 5) is 14.0. The predicted molar refractivity (Wildman–Crippen MR) is 84.2 cm³/mol. The first kappa shape index (κ1) is 16.7. The maximum absolute atomic E-state index is 13.7. The van der Waals surface area contributed by atoms with Crippen LogP contribution in [0, 0.1) is 5.82 Å². The Hall–Kier alpha value is -1.62. The third-order valence-electron chi connectivity index (χ3n) is 4.20. The van der Waals surface area contributed by atoms with Gasteiger partial charge in [-0.25, -0.2) is 9.18 Å². The second-order valence-electron chi connectivity index (χ2n) is 5.77. The average molecular weight is 308 g/mol. The van der Waals surface area contributed by atoms with Gasteiger partial charge in [0.25, 0.3) is 0 Å². The molecule has 122 valence electrons. The molecule has 0 saturated carbocycles. The van der Waals surface area contributed by atoms with Crippen LogP contribution in [0.2, 0.25) is 0 Å². The number of urea groups is 1. The zero-order valence-electron chi connectivity index (χ0n) is 13.1. The van der Waals surface area contributed by atoms with E-state index in [0.717, 1.165) is 31.2 Å². The van der Waals surface area contributed by atoms with Crippen LogP contribution in [-0.4, -0.2) is 35.7 Å². The summed E-state index contributed by atoms with van der Waals surface area (Å²) in [7, 11) is 0. The molecule has 1 aromatic rings. The standard InChI is InChI=1S/C17H25FN2O2/c1-2-3-4-10-20(11-12-21)17(22)19-16-9-8-13-14(16)6-5-7-15(13)18/h5-7,16,21H,2-4,8-12H2,1H3,(H,19,22). The van der Waals surface area contributed by atoms with Gasteiger partial charge in [0.05, 0.1) is 12.6 Å². The minimum Gasteiger partial charge on any atom is -0.395 e. The van der Waals surface area contributed by atoms with Crippen molar-refractivity contribution in [3.8, 4) is 0 Å². The molecule has 0 saturated heterocycles. The fraction of sp³-hybridized carbons (Fsp3) is 0.588. The van der Waals surface area contributed by atoms with E-state index in [4.69, 9.17) is 5.11 Å². The van der Waals surface area contributed by atoms with Crippen LogP contribution < -0.4 is 5.32 Å². The van der Waals surface area contributed by atoms with Crippen molar-refractivity contribution < 1.29 is 14.3 Å². The van der Waals surface area contributed by atoms with Gasteiger partial charge < -0.3 is 15.3 Å². The number of carbonyl (C=O) groups is 1. The van der Waals surface area contributed by atoms with Gasteiger partial charge in [-0.05, 0) is 36.5 Å². The van der Waals surface area contributed by atoms with E-state index in [0.29, 0.717) is 25.1 Å². The first-order valence-corrected chi connectivity index (χ1v) is 8.11. The number of halogens is 1. The van der Waals surface area contributed by atoms with Crippen LogP contribution in [0.25, 0.3) is 0 Å². The van der Waals surface area contributed by atoms with Gasteiger partial charge in [-0.2, -0.15) is 0 Å². The van der Waals surface area contributed by atoms with Crippen LogP contribution in [0.1, 0.15) is 49.8 Å². The Morgan fingerprint density at radius 1 is 1.41 bits per heavy atom. The molecule has 1 aliphatic rings. The lowest BCUT2D eigenvalue weighted by Crippen LogP contribution is -2.43. The quantitative estimate of drug-likeness (QED) is 0.761. The number of hydrogen-bond donors (Lipinski definition) is 2. The Bertz CT molecular complexity index is 507. The van der Waals surface area contributed by atoms with Crippen molar-refractivity contribution in [1.82, 2.24) is 10.2 Å². The van der Waals surface area contributed by atoms with E-state index in [9.17, 15) is 9.18 Å². The highest BCUT2D eigenvalue weighted by Crippen LogP contribution is 2.32. The molecule has 0 radical (unpaired) electrons. The van der Waals surface area contributed by atoms with E-state index in [1.54, 1.807) is 11.0 Å². The molecule has 4 nitrogen and oxygen atoms in total. The van der Waals surface area contributed by atoms with Crippen molar-refractivity contribution >= 4 is 6.03 Å². The molecule has 1 atom stereocenters. The minimum absolute atomic E-state index is 0.0462. The summed E-state index contributed by atoms with van der Waals surface area (Å²) in [6.07, 6.45) is 4.46. The van der Waals surface area contributed by atoms with Crippen molar-refractivity contribution in [2.75, 3.05) is 19.7 Å². The molecule has 2 amide bonds. The van der Waals surface area contributed by atoms with E-state index in [1.165, 1.54) is 6.07 Å². The molecule has 22 heavy (non-hydrogen) atoms. The number of rotatable bonds is 7. The molecular weight excluding hydrogens is 283 g/mol. The number of aliphatic hydroxyl groups is 1. The molecule has 2 N–H and O–H groups in total. The minimum atomic E-state index is -0.190. The smallest absolute Gasteiger partial charge is 0.317 e. The van der Waals surface area contributed by atoms with Gasteiger partial charge in [-0.1, -0.05) is 31.9 Å². The molecule has 1 unspecified atom stereocenters. The lowest BCUT2D eigenvalue weighted by atomic mass is 10.1. The van der Waals surface area contributed by atoms with Crippen molar-refractivity contribution in [3.05, 3.63) is 35.1 Å². The van der Waals surface area contributed by atoms with E-state index < -0.39 is 0 Å². The SMILES string of the molecule is CCCCCN(CCO)C(=O)NC1CCc2c(F)cccc21. The van der Waals surface area contributed by atoms with E-state index in [1.807, 2.05) is 6.07 Å². The summed E-state index contributed by atoms with van der Waals surface area (Å²) in [6.45, 7) is 3.04. The number of unbranched alkanes of at least 4 members (excludes halogenated alkanes) is 2. The van der Waals surface area contributed by atoms with Gasteiger partial charge in [0, 0.05) is 13.1 Å². The number of nitrogens with zero attached hydrogens (tertiary/aromatic N) is 1. The number of benzene rings is 1. The second-order valence-corrected chi connectivity index (χ2v) is 5.77. The zero-order valence-corrected chi connectivity index (χ0v) is 13.1. The molecule has 0 spiro atoms. The van der Waals surface area contributed by atoms with Gasteiger partial charge >= 0.3 is 6.03 Å². The monoisotopic (exact) mass is 308 g/mol. The average Bonchev–Trinajstić information content (AvgIpc) is 2.91. The molecule has 2 rings (SSSR count). The Balaban J connectivity index is 1.97. The number of hydrogen-bond acceptors (Lipinski definition) is 2. The van der Waals surface area contributed by atoms with Crippen LogP contribution in [0.3, 0.4) is 0 Å². The number of fused-ring (bicyclic) bond motifs is 1. The topological polar surface area (TPSA) is 52.6 Å². The Morgan fingerprint density at radius 3 is 2.95 bits per heavy atom. The molecule has 1 aromatic carbocycles. The van der Waals surface area contributed by atoms with Crippen LogP contribution in [0.5, 0.6) is 0 Å². The highest BCUT2D eigenvalue weighted by Gasteiger charge is 2.27. The number of nitrogens with one attached hydrogen (secondary N) is 1. The molecular formula is C17H25FN2O2. The molecule has 1 aliphatic carbocycles. The van der Waals surface area contributed by atoms with Crippen LogP contribution in [-0.2, 0) is 6.42 Å². The molecule has 0 aliphatic heterocycles. The number of amides is 2. The van der Waals surface area contributed by atoms with Crippen LogP contribution >= 0.6 is 0 Å². The summed E-state index contributed by atoms with van der Waals surface area (Å²) in [5, 5.41) is 12.1. The van der Waals surface area contributed by atoms with Crippen molar-refractivity contribution in [2.45, 2.75) is 45.1 Å². The Morgan fingerprint density at radius 2 is 2.23 bits per heavy atom. The fourth-order valence-corrected chi connectivity index (χ4v) is 2.99. The van der Waals surface area contributed by atoms with Crippen molar-refractivity contribution in [3.63, 3.8) is 0 Å². The second kappa shape index (κ2) is 8.13. The fourth-order valence-electron chi connectivity index (χ4n) is 2.99. The summed E-state index contributed by atoms with van der Waals surface area (Å²) < 4.78 is 13.7. The van der Waals surface area contributed by atoms with Gasteiger partial charge in [0.15, 0.2) is 0 Å². The predicted octanol–water partition coefficient (Wildman–Crippen LogP) is 3.01. The molecule has 0 aromatic heterocycles. The molecule has 0 heterocycles. The van der Waals surface area contributed by atoms with Gasteiger partial charge in [0.2, 0.25) is 0 Å². The third kappa shape index (κ3) is 3.97. The molecule has 5 heteroatoms. The van der Waals surface area contributed by atoms with Crippen molar-refractivity contribution in [1.29, 1.82) is 0 Å². The van der Waals surface area contributed by atoms with Crippen LogP contribution in [0.4, 0.5) is 9.18 Å². The van der Waals surface area contributed by atoms with E-state index >= 15 is 0 Å².